The molecule has 0 saturated carbocycles. The van der Waals surface area contributed by atoms with E-state index in [-0.39, 0.29) is 0 Å². The van der Waals surface area contributed by atoms with Gasteiger partial charge in [0, 0.05) is 32.9 Å². The van der Waals surface area contributed by atoms with Gasteiger partial charge in [-0.3, -0.25) is 0 Å². The molecule has 2 aromatic heterocycles. The summed E-state index contributed by atoms with van der Waals surface area (Å²) in [5.74, 6) is 0. The van der Waals surface area contributed by atoms with Crippen molar-refractivity contribution in [3.63, 3.8) is 0 Å². The smallest absolute Gasteiger partial charge is 0.0788 e. The molecule has 0 aliphatic heterocycles. The van der Waals surface area contributed by atoms with Crippen LogP contribution in [0.3, 0.4) is 0 Å². The average Bonchev–Trinajstić information content (AvgIpc) is 3.36. The molecule has 0 N–H and O–H groups in total. The Morgan fingerprint density at radius 1 is 0.594 bits per heavy atom. The molecule has 0 radical (unpaired) electrons. The Morgan fingerprint density at radius 3 is 1.88 bits per heavy atom. The molecule has 0 saturated heterocycles. The van der Waals surface area contributed by atoms with Crippen LogP contribution in [0.25, 0.3) is 55.0 Å². The van der Waals surface area contributed by atoms with E-state index in [1.54, 1.807) is 0 Å². The SMILES string of the molecule is C=C/C=C(\C=C)n1c2ccccc2c2ccc3c4ccccc4n(-c4ccccc4)c3c21. The third kappa shape index (κ3) is 2.47. The predicted molar refractivity (Wildman–Crippen MR) is 138 cm³/mol. The van der Waals surface area contributed by atoms with E-state index in [0.29, 0.717) is 0 Å². The van der Waals surface area contributed by atoms with Crippen LogP contribution in [0, 0.1) is 0 Å². The van der Waals surface area contributed by atoms with Gasteiger partial charge in [0.2, 0.25) is 0 Å². The molecule has 0 amide bonds. The molecule has 0 bridgehead atoms. The van der Waals surface area contributed by atoms with Crippen molar-refractivity contribution in [2.24, 2.45) is 0 Å². The lowest BCUT2D eigenvalue weighted by Crippen LogP contribution is -1.98. The maximum absolute atomic E-state index is 4.11. The molecule has 0 aliphatic rings. The molecule has 2 heterocycles. The average molecular weight is 411 g/mol. The largest absolute Gasteiger partial charge is 0.307 e. The predicted octanol–water partition coefficient (Wildman–Crippen LogP) is 8.10. The molecule has 0 atom stereocenters. The summed E-state index contributed by atoms with van der Waals surface area (Å²) < 4.78 is 4.71. The van der Waals surface area contributed by atoms with Crippen LogP contribution in [0.1, 0.15) is 0 Å². The summed E-state index contributed by atoms with van der Waals surface area (Å²) in [7, 11) is 0. The summed E-state index contributed by atoms with van der Waals surface area (Å²) in [4.78, 5) is 0. The van der Waals surface area contributed by atoms with Crippen LogP contribution in [0.4, 0.5) is 0 Å². The summed E-state index contributed by atoms with van der Waals surface area (Å²) in [6.07, 6.45) is 5.75. The van der Waals surface area contributed by atoms with Crippen LogP contribution in [-0.2, 0) is 0 Å². The number of aromatic nitrogens is 2. The van der Waals surface area contributed by atoms with Gasteiger partial charge >= 0.3 is 0 Å². The molecule has 0 aliphatic carbocycles. The second-order valence-electron chi connectivity index (χ2n) is 7.93. The number of para-hydroxylation sites is 3. The van der Waals surface area contributed by atoms with Gasteiger partial charge in [0.15, 0.2) is 0 Å². The van der Waals surface area contributed by atoms with E-state index < -0.39 is 0 Å². The monoisotopic (exact) mass is 410 g/mol. The maximum Gasteiger partial charge on any atom is 0.0788 e. The highest BCUT2D eigenvalue weighted by atomic mass is 15.0. The summed E-state index contributed by atoms with van der Waals surface area (Å²) in [5.41, 5.74) is 6.89. The molecule has 152 valence electrons. The first-order valence-corrected chi connectivity index (χ1v) is 10.8. The lowest BCUT2D eigenvalue weighted by molar-refractivity contribution is 1.17. The standard InChI is InChI=1S/C30H22N2/c1-3-12-21(4-2)31-27-17-10-8-15-23(27)25-19-20-26-24-16-9-11-18-28(24)32(30(26)29(25)31)22-13-6-5-7-14-22/h3-20H,1-2H2/b21-12+. The maximum atomic E-state index is 4.11. The molecule has 0 fully saturated rings. The summed E-state index contributed by atoms with van der Waals surface area (Å²) in [6.45, 7) is 8.05. The highest BCUT2D eigenvalue weighted by molar-refractivity contribution is 6.24. The fourth-order valence-corrected chi connectivity index (χ4v) is 4.97. The summed E-state index contributed by atoms with van der Waals surface area (Å²) in [5, 5.41) is 4.94. The molecule has 0 unspecified atom stereocenters. The van der Waals surface area contributed by atoms with Crippen LogP contribution < -0.4 is 0 Å². The highest BCUT2D eigenvalue weighted by Crippen LogP contribution is 2.41. The molecule has 2 nitrogen and oxygen atoms in total. The number of nitrogens with zero attached hydrogens (tertiary/aromatic N) is 2. The van der Waals surface area contributed by atoms with Crippen molar-refractivity contribution < 1.29 is 0 Å². The minimum absolute atomic E-state index is 1.00. The van der Waals surface area contributed by atoms with Crippen molar-refractivity contribution >= 4 is 49.3 Å². The number of benzene rings is 4. The van der Waals surface area contributed by atoms with Crippen LogP contribution >= 0.6 is 0 Å². The Kier molecular flexibility index (Phi) is 4.12. The van der Waals surface area contributed by atoms with E-state index in [9.17, 15) is 0 Å². The first-order valence-electron chi connectivity index (χ1n) is 10.8. The second-order valence-corrected chi connectivity index (χ2v) is 7.93. The summed E-state index contributed by atoms with van der Waals surface area (Å²) >= 11 is 0. The first-order chi connectivity index (χ1) is 15.8. The second kappa shape index (κ2) is 7.14. The molecule has 0 spiro atoms. The van der Waals surface area contributed by atoms with Crippen LogP contribution in [-0.4, -0.2) is 9.13 Å². The number of hydrogen-bond donors (Lipinski definition) is 0. The van der Waals surface area contributed by atoms with Crippen LogP contribution in [0.5, 0.6) is 0 Å². The minimum Gasteiger partial charge on any atom is -0.307 e. The Hall–Kier alpha value is -4.30. The third-order valence-corrected chi connectivity index (χ3v) is 6.24. The lowest BCUT2D eigenvalue weighted by Gasteiger charge is -2.12. The fraction of sp³-hybridized carbons (Fsp3) is 0. The van der Waals surface area contributed by atoms with E-state index in [4.69, 9.17) is 0 Å². The van der Waals surface area contributed by atoms with Crippen molar-refractivity contribution in [2.45, 2.75) is 0 Å². The van der Waals surface area contributed by atoms with Gasteiger partial charge in [-0.15, -0.1) is 0 Å². The van der Waals surface area contributed by atoms with E-state index in [1.165, 1.54) is 38.1 Å². The minimum atomic E-state index is 1.00. The topological polar surface area (TPSA) is 9.86 Å². The number of allylic oxidation sites excluding steroid dienone is 4. The van der Waals surface area contributed by atoms with Crippen molar-refractivity contribution in [1.82, 2.24) is 9.13 Å². The fourth-order valence-electron chi connectivity index (χ4n) is 4.97. The number of hydrogen-bond acceptors (Lipinski definition) is 0. The van der Waals surface area contributed by atoms with E-state index in [1.807, 2.05) is 18.2 Å². The van der Waals surface area contributed by atoms with Gasteiger partial charge in [0.25, 0.3) is 0 Å². The molecular formula is C30H22N2. The van der Waals surface area contributed by atoms with Gasteiger partial charge in [0.1, 0.15) is 0 Å². The Labute approximate surface area is 186 Å². The van der Waals surface area contributed by atoms with Crippen LogP contribution in [0.2, 0.25) is 0 Å². The van der Waals surface area contributed by atoms with Crippen molar-refractivity contribution in [3.8, 4) is 5.69 Å². The Morgan fingerprint density at radius 2 is 1.19 bits per heavy atom. The number of rotatable bonds is 4. The lowest BCUT2D eigenvalue weighted by atomic mass is 10.1. The molecule has 2 heteroatoms. The quantitative estimate of drug-likeness (QED) is 0.260. The first kappa shape index (κ1) is 18.5. The van der Waals surface area contributed by atoms with Gasteiger partial charge < -0.3 is 9.13 Å². The normalized spacial score (nSPS) is 12.2. The molecule has 6 rings (SSSR count). The van der Waals surface area contributed by atoms with Crippen LogP contribution in [0.15, 0.2) is 122 Å². The van der Waals surface area contributed by atoms with E-state index in [0.717, 1.165) is 16.9 Å². The van der Waals surface area contributed by atoms with Gasteiger partial charge in [-0.1, -0.05) is 86.0 Å². The van der Waals surface area contributed by atoms with E-state index >= 15 is 0 Å². The Balaban J connectivity index is 1.96. The molecule has 4 aromatic carbocycles. The van der Waals surface area contributed by atoms with E-state index in [2.05, 4.69) is 113 Å². The zero-order valence-corrected chi connectivity index (χ0v) is 17.7. The number of fused-ring (bicyclic) bond motifs is 7. The zero-order valence-electron chi connectivity index (χ0n) is 17.7. The summed E-state index contributed by atoms with van der Waals surface area (Å²) in [6, 6.07) is 32.3. The van der Waals surface area contributed by atoms with Crippen molar-refractivity contribution in [2.75, 3.05) is 0 Å². The zero-order chi connectivity index (χ0) is 21.7. The van der Waals surface area contributed by atoms with Crippen molar-refractivity contribution in [3.05, 3.63) is 122 Å². The molecule has 6 aromatic rings. The van der Waals surface area contributed by atoms with Gasteiger partial charge in [-0.05, 0) is 36.4 Å². The van der Waals surface area contributed by atoms with Crippen molar-refractivity contribution in [1.29, 1.82) is 0 Å². The highest BCUT2D eigenvalue weighted by Gasteiger charge is 2.20. The molecule has 32 heavy (non-hydrogen) atoms. The van der Waals surface area contributed by atoms with Gasteiger partial charge in [-0.2, -0.15) is 0 Å². The third-order valence-electron chi connectivity index (χ3n) is 6.24. The Bertz CT molecular complexity index is 1690. The molecular weight excluding hydrogens is 388 g/mol. The van der Waals surface area contributed by atoms with Gasteiger partial charge in [0.05, 0.1) is 22.1 Å². The van der Waals surface area contributed by atoms with Gasteiger partial charge in [-0.25, -0.2) is 0 Å².